The van der Waals surface area contributed by atoms with Gasteiger partial charge >= 0.3 is 0 Å². The molecule has 2 heterocycles. The molecule has 0 aliphatic rings. The van der Waals surface area contributed by atoms with Gasteiger partial charge < -0.3 is 15.1 Å². The van der Waals surface area contributed by atoms with E-state index in [0.29, 0.717) is 22.7 Å². The van der Waals surface area contributed by atoms with Crippen molar-refractivity contribution in [1.82, 2.24) is 20.2 Å². The van der Waals surface area contributed by atoms with Crippen LogP contribution in [0.1, 0.15) is 19.2 Å². The Balaban J connectivity index is 1.74. The third kappa shape index (κ3) is 5.57. The number of aromatic nitrogens is 4. The van der Waals surface area contributed by atoms with Crippen LogP contribution in [0.15, 0.2) is 37.8 Å². The molecule has 118 valence electrons. The standard InChI is InChI=1S/C13H17N5O2S2/c1-8(2)7-22-13-18-17-11(20-13)4-3-5-21-12-15-9(14)6-10(19)16-12/h6H,1,3-5,7H2,2H3,(H3,14,15,16,19). The fourth-order valence-corrected chi connectivity index (χ4v) is 2.94. The summed E-state index contributed by atoms with van der Waals surface area (Å²) in [7, 11) is 0. The second kappa shape index (κ2) is 8.04. The first kappa shape index (κ1) is 16.6. The lowest BCUT2D eigenvalue weighted by Gasteiger charge is -2.00. The van der Waals surface area contributed by atoms with Crippen molar-refractivity contribution in [2.75, 3.05) is 17.2 Å². The average molecular weight is 339 g/mol. The van der Waals surface area contributed by atoms with Gasteiger partial charge in [-0.15, -0.1) is 10.2 Å². The fraction of sp³-hybridized carbons (Fsp3) is 0.385. The second-order valence-electron chi connectivity index (χ2n) is 4.63. The van der Waals surface area contributed by atoms with Gasteiger partial charge in [0.05, 0.1) is 0 Å². The number of nitrogen functional groups attached to an aromatic ring is 1. The van der Waals surface area contributed by atoms with Crippen LogP contribution >= 0.6 is 23.5 Å². The van der Waals surface area contributed by atoms with E-state index in [0.717, 1.165) is 23.5 Å². The molecule has 0 aliphatic heterocycles. The molecular formula is C13H17N5O2S2. The Hall–Kier alpha value is -1.74. The van der Waals surface area contributed by atoms with Crippen LogP contribution in [-0.2, 0) is 6.42 Å². The van der Waals surface area contributed by atoms with Gasteiger partial charge in [0.25, 0.3) is 10.8 Å². The van der Waals surface area contributed by atoms with Gasteiger partial charge in [-0.2, -0.15) is 0 Å². The quantitative estimate of drug-likeness (QED) is 0.326. The fourth-order valence-electron chi connectivity index (χ4n) is 1.50. The third-order valence-electron chi connectivity index (χ3n) is 2.40. The molecule has 0 saturated heterocycles. The molecule has 3 N–H and O–H groups in total. The molecule has 0 amide bonds. The van der Waals surface area contributed by atoms with Crippen molar-refractivity contribution in [3.8, 4) is 0 Å². The molecule has 0 fully saturated rings. The summed E-state index contributed by atoms with van der Waals surface area (Å²) in [4.78, 5) is 17.9. The van der Waals surface area contributed by atoms with E-state index in [-0.39, 0.29) is 11.4 Å². The zero-order chi connectivity index (χ0) is 15.9. The van der Waals surface area contributed by atoms with Gasteiger partial charge in [-0.1, -0.05) is 35.7 Å². The number of aromatic amines is 1. The molecule has 0 unspecified atom stereocenters. The average Bonchev–Trinajstić information content (AvgIpc) is 2.88. The monoisotopic (exact) mass is 339 g/mol. The van der Waals surface area contributed by atoms with Gasteiger partial charge in [-0.25, -0.2) is 4.98 Å². The van der Waals surface area contributed by atoms with E-state index < -0.39 is 0 Å². The highest BCUT2D eigenvalue weighted by Gasteiger charge is 2.07. The number of thioether (sulfide) groups is 2. The van der Waals surface area contributed by atoms with E-state index in [1.165, 1.54) is 29.6 Å². The molecule has 7 nitrogen and oxygen atoms in total. The van der Waals surface area contributed by atoms with Gasteiger partial charge in [0, 0.05) is 24.0 Å². The summed E-state index contributed by atoms with van der Waals surface area (Å²) in [5.74, 6) is 2.37. The Labute approximate surface area is 136 Å². The van der Waals surface area contributed by atoms with Gasteiger partial charge in [0.2, 0.25) is 5.89 Å². The minimum atomic E-state index is -0.244. The minimum Gasteiger partial charge on any atom is -0.416 e. The normalized spacial score (nSPS) is 10.8. The van der Waals surface area contributed by atoms with Crippen molar-refractivity contribution in [1.29, 1.82) is 0 Å². The summed E-state index contributed by atoms with van der Waals surface area (Å²) in [5, 5.41) is 9.05. The summed E-state index contributed by atoms with van der Waals surface area (Å²) in [6, 6.07) is 1.26. The third-order valence-corrected chi connectivity index (χ3v) is 4.41. The van der Waals surface area contributed by atoms with Crippen molar-refractivity contribution >= 4 is 29.3 Å². The smallest absolute Gasteiger partial charge is 0.276 e. The molecule has 0 atom stereocenters. The van der Waals surface area contributed by atoms with Crippen LogP contribution in [0.3, 0.4) is 0 Å². The molecule has 2 aromatic rings. The van der Waals surface area contributed by atoms with E-state index in [4.69, 9.17) is 10.2 Å². The number of hydrogen-bond acceptors (Lipinski definition) is 8. The number of anilines is 1. The maximum absolute atomic E-state index is 11.2. The maximum atomic E-state index is 11.2. The Morgan fingerprint density at radius 1 is 1.45 bits per heavy atom. The number of hydrogen-bond donors (Lipinski definition) is 2. The molecule has 2 rings (SSSR count). The topological polar surface area (TPSA) is 111 Å². The molecule has 0 bridgehead atoms. The lowest BCUT2D eigenvalue weighted by Crippen LogP contribution is -2.09. The van der Waals surface area contributed by atoms with Gasteiger partial charge in [-0.05, 0) is 13.3 Å². The number of nitrogens with one attached hydrogen (secondary N) is 1. The van der Waals surface area contributed by atoms with E-state index in [2.05, 4.69) is 26.7 Å². The molecule has 0 spiro atoms. The summed E-state index contributed by atoms with van der Waals surface area (Å²) in [6.45, 7) is 5.78. The lowest BCUT2D eigenvalue weighted by atomic mass is 10.3. The van der Waals surface area contributed by atoms with Gasteiger partial charge in [0.1, 0.15) is 5.82 Å². The van der Waals surface area contributed by atoms with E-state index in [1.54, 1.807) is 0 Å². The van der Waals surface area contributed by atoms with E-state index in [9.17, 15) is 4.79 Å². The number of H-pyrrole nitrogens is 1. The molecule has 0 radical (unpaired) electrons. The molecule has 2 aromatic heterocycles. The van der Waals surface area contributed by atoms with E-state index >= 15 is 0 Å². The lowest BCUT2D eigenvalue weighted by molar-refractivity contribution is 0.412. The molecular weight excluding hydrogens is 322 g/mol. The number of nitrogens with two attached hydrogens (primary N) is 1. The molecule has 0 aromatic carbocycles. The summed E-state index contributed by atoms with van der Waals surface area (Å²) in [5.41, 5.74) is 6.34. The Bertz CT molecular complexity index is 698. The SMILES string of the molecule is C=C(C)CSc1nnc(CCCSc2nc(N)cc(=O)[nH]2)o1. The van der Waals surface area contributed by atoms with Crippen LogP contribution in [0.5, 0.6) is 0 Å². The molecule has 9 heteroatoms. The van der Waals surface area contributed by atoms with Crippen LogP contribution in [0.2, 0.25) is 0 Å². The first-order valence-corrected chi connectivity index (χ1v) is 8.59. The molecule has 22 heavy (non-hydrogen) atoms. The van der Waals surface area contributed by atoms with Crippen molar-refractivity contribution in [3.63, 3.8) is 0 Å². The van der Waals surface area contributed by atoms with Crippen molar-refractivity contribution in [2.24, 2.45) is 0 Å². The second-order valence-corrected chi connectivity index (χ2v) is 6.65. The largest absolute Gasteiger partial charge is 0.416 e. The summed E-state index contributed by atoms with van der Waals surface area (Å²) < 4.78 is 5.52. The first-order valence-electron chi connectivity index (χ1n) is 6.62. The Morgan fingerprint density at radius 3 is 3.00 bits per heavy atom. The van der Waals surface area contributed by atoms with Crippen LogP contribution in [0.25, 0.3) is 0 Å². The highest BCUT2D eigenvalue weighted by molar-refractivity contribution is 7.99. The van der Waals surface area contributed by atoms with Crippen molar-refractivity contribution in [2.45, 2.75) is 30.1 Å². The predicted octanol–water partition coefficient (Wildman–Crippen LogP) is 2.13. The highest BCUT2D eigenvalue weighted by atomic mass is 32.2. The van der Waals surface area contributed by atoms with Crippen molar-refractivity contribution < 1.29 is 4.42 Å². The van der Waals surface area contributed by atoms with Crippen LogP contribution < -0.4 is 11.3 Å². The Morgan fingerprint density at radius 2 is 2.27 bits per heavy atom. The van der Waals surface area contributed by atoms with Gasteiger partial charge in [-0.3, -0.25) is 4.79 Å². The van der Waals surface area contributed by atoms with Crippen molar-refractivity contribution in [3.05, 3.63) is 34.5 Å². The summed E-state index contributed by atoms with van der Waals surface area (Å²) >= 11 is 2.92. The molecule has 0 saturated carbocycles. The maximum Gasteiger partial charge on any atom is 0.276 e. The molecule has 0 aliphatic carbocycles. The number of nitrogens with zero attached hydrogens (tertiary/aromatic N) is 3. The first-order chi connectivity index (χ1) is 10.5. The zero-order valence-corrected chi connectivity index (χ0v) is 13.8. The Kier molecular flexibility index (Phi) is 6.08. The van der Waals surface area contributed by atoms with Crippen LogP contribution in [0, 0.1) is 0 Å². The zero-order valence-electron chi connectivity index (χ0n) is 12.2. The highest BCUT2D eigenvalue weighted by Crippen LogP contribution is 2.19. The van der Waals surface area contributed by atoms with Crippen LogP contribution in [0.4, 0.5) is 5.82 Å². The summed E-state index contributed by atoms with van der Waals surface area (Å²) in [6.07, 6.45) is 1.51. The predicted molar refractivity (Wildman–Crippen MR) is 88.2 cm³/mol. The number of aryl methyl sites for hydroxylation is 1. The van der Waals surface area contributed by atoms with Gasteiger partial charge in [0.15, 0.2) is 5.16 Å². The van der Waals surface area contributed by atoms with E-state index in [1.807, 2.05) is 6.92 Å². The number of rotatable bonds is 8. The minimum absolute atomic E-state index is 0.224. The van der Waals surface area contributed by atoms with Crippen LogP contribution in [-0.4, -0.2) is 31.7 Å².